The van der Waals surface area contributed by atoms with Crippen molar-refractivity contribution in [2.45, 2.75) is 73.4 Å². The van der Waals surface area contributed by atoms with Crippen molar-refractivity contribution in [3.63, 3.8) is 0 Å². The smallest absolute Gasteiger partial charge is 0.256 e. The van der Waals surface area contributed by atoms with Gasteiger partial charge in [0.25, 0.3) is 5.91 Å². The van der Waals surface area contributed by atoms with Crippen LogP contribution in [0, 0.1) is 23.2 Å². The molecule has 2 unspecified atom stereocenters. The maximum atomic E-state index is 13.3. The van der Waals surface area contributed by atoms with Gasteiger partial charge in [0.2, 0.25) is 5.76 Å². The largest absolute Gasteiger partial charge is 0.443 e. The first-order chi connectivity index (χ1) is 18.4. The van der Waals surface area contributed by atoms with Gasteiger partial charge in [-0.3, -0.25) is 9.78 Å². The van der Waals surface area contributed by atoms with Crippen LogP contribution in [-0.2, 0) is 6.54 Å². The van der Waals surface area contributed by atoms with Crippen LogP contribution in [0.2, 0.25) is 0 Å². The highest BCUT2D eigenvalue weighted by Crippen LogP contribution is 2.29. The lowest BCUT2D eigenvalue weighted by Crippen LogP contribution is -2.25. The van der Waals surface area contributed by atoms with E-state index < -0.39 is 0 Å². The Labute approximate surface area is 225 Å². The molecule has 1 amide bonds. The van der Waals surface area contributed by atoms with Crippen LogP contribution >= 0.6 is 0 Å². The first-order valence-electron chi connectivity index (χ1n) is 13.6. The molecule has 7 nitrogen and oxygen atoms in total. The lowest BCUT2D eigenvalue weighted by atomic mass is 9.93. The number of nitrogens with zero attached hydrogens (tertiary/aromatic N) is 3. The Morgan fingerprint density at radius 3 is 2.61 bits per heavy atom. The summed E-state index contributed by atoms with van der Waals surface area (Å²) in [5.41, 5.74) is 1.60. The molecule has 0 aliphatic carbocycles. The number of rotatable bonds is 10. The fourth-order valence-corrected chi connectivity index (χ4v) is 4.63. The number of anilines is 1. The number of amides is 1. The predicted molar refractivity (Wildman–Crippen MR) is 154 cm³/mol. The summed E-state index contributed by atoms with van der Waals surface area (Å²) in [6.45, 7) is 13.2. The number of furan rings is 1. The standard InChI is InChI=1S/C29H33N5O2.C2H6/c1-5-19(4)12-22(11-18(2)3)34-27-13-23-26(17-32-27)36-25(14-30)28(23)29(35)33-15-21-8-6-7-20-9-10-31-16-24(20)21;1-2/h6-10,13,16-19,22H,5,11-12,15H2,1-4H3,(H,32,34)(H,33,35);1-2H3. The number of nitrogens with one attached hydrogen (secondary N) is 2. The van der Waals surface area contributed by atoms with Crippen molar-refractivity contribution in [3.05, 3.63) is 65.8 Å². The van der Waals surface area contributed by atoms with Crippen LogP contribution in [0.25, 0.3) is 21.7 Å². The number of pyridine rings is 2. The Bertz CT molecular complexity index is 1400. The van der Waals surface area contributed by atoms with Crippen LogP contribution < -0.4 is 10.6 Å². The highest BCUT2D eigenvalue weighted by Gasteiger charge is 2.23. The van der Waals surface area contributed by atoms with E-state index in [9.17, 15) is 10.1 Å². The second-order valence-electron chi connectivity index (χ2n) is 9.90. The lowest BCUT2D eigenvalue weighted by molar-refractivity contribution is 0.0951. The van der Waals surface area contributed by atoms with Crippen molar-refractivity contribution >= 4 is 33.5 Å². The molecule has 0 radical (unpaired) electrons. The number of hydrogen-bond acceptors (Lipinski definition) is 6. The summed E-state index contributed by atoms with van der Waals surface area (Å²) in [6, 6.07) is 12.0. The molecule has 4 rings (SSSR count). The van der Waals surface area contributed by atoms with Gasteiger partial charge in [-0.15, -0.1) is 0 Å². The van der Waals surface area contributed by atoms with Crippen LogP contribution in [0.1, 0.15) is 82.5 Å². The van der Waals surface area contributed by atoms with Crippen molar-refractivity contribution in [1.82, 2.24) is 15.3 Å². The fourth-order valence-electron chi connectivity index (χ4n) is 4.63. The maximum absolute atomic E-state index is 13.3. The Morgan fingerprint density at radius 2 is 1.89 bits per heavy atom. The van der Waals surface area contributed by atoms with Crippen LogP contribution in [-0.4, -0.2) is 21.9 Å². The summed E-state index contributed by atoms with van der Waals surface area (Å²) in [7, 11) is 0. The number of carbonyl (C=O) groups excluding carboxylic acids is 1. The van der Waals surface area contributed by atoms with Crippen LogP contribution in [0.15, 0.2) is 53.3 Å². The van der Waals surface area contributed by atoms with E-state index >= 15 is 0 Å². The van der Waals surface area contributed by atoms with Gasteiger partial charge < -0.3 is 15.1 Å². The Morgan fingerprint density at radius 1 is 1.11 bits per heavy atom. The number of aromatic nitrogens is 2. The van der Waals surface area contributed by atoms with Crippen molar-refractivity contribution in [3.8, 4) is 6.07 Å². The second-order valence-corrected chi connectivity index (χ2v) is 9.90. The van der Waals surface area contributed by atoms with E-state index in [1.54, 1.807) is 18.6 Å². The molecule has 7 heteroatoms. The Hall–Kier alpha value is -3.92. The molecule has 3 aromatic heterocycles. The van der Waals surface area contributed by atoms with Gasteiger partial charge in [-0.25, -0.2) is 4.98 Å². The van der Waals surface area contributed by atoms with Gasteiger partial charge in [-0.2, -0.15) is 5.26 Å². The third-order valence-corrected chi connectivity index (χ3v) is 6.61. The van der Waals surface area contributed by atoms with Crippen molar-refractivity contribution < 1.29 is 9.21 Å². The van der Waals surface area contributed by atoms with E-state index in [1.807, 2.05) is 50.2 Å². The molecule has 0 aliphatic heterocycles. The Kier molecular flexibility index (Phi) is 10.2. The zero-order valence-electron chi connectivity index (χ0n) is 23.3. The lowest BCUT2D eigenvalue weighted by Gasteiger charge is -2.24. The van der Waals surface area contributed by atoms with E-state index in [0.29, 0.717) is 35.2 Å². The summed E-state index contributed by atoms with van der Waals surface area (Å²) >= 11 is 0. The van der Waals surface area contributed by atoms with E-state index in [4.69, 9.17) is 4.42 Å². The quantitative estimate of drug-likeness (QED) is 0.228. The molecule has 0 aliphatic rings. The monoisotopic (exact) mass is 513 g/mol. The fraction of sp³-hybridized carbons (Fsp3) is 0.419. The SMILES string of the molecule is CC.CCC(C)CC(CC(C)C)Nc1cc2c(C(=O)NCc3cccc4ccncc34)c(C#N)oc2cn1. The van der Waals surface area contributed by atoms with Gasteiger partial charge >= 0.3 is 0 Å². The normalized spacial score (nSPS) is 12.5. The average Bonchev–Trinajstić information content (AvgIpc) is 3.30. The molecule has 0 bridgehead atoms. The summed E-state index contributed by atoms with van der Waals surface area (Å²) in [5, 5.41) is 18.8. The molecule has 0 spiro atoms. The van der Waals surface area contributed by atoms with Crippen molar-refractivity contribution in [1.29, 1.82) is 5.26 Å². The summed E-state index contributed by atoms with van der Waals surface area (Å²) in [5.74, 6) is 1.44. The van der Waals surface area contributed by atoms with Gasteiger partial charge in [0, 0.05) is 35.8 Å². The molecule has 200 valence electrons. The van der Waals surface area contributed by atoms with Gasteiger partial charge in [0.15, 0.2) is 5.58 Å². The number of hydrogen-bond donors (Lipinski definition) is 2. The third kappa shape index (κ3) is 6.89. The molecule has 3 heterocycles. The highest BCUT2D eigenvalue weighted by molar-refractivity contribution is 6.08. The number of nitriles is 1. The van der Waals surface area contributed by atoms with E-state index in [-0.39, 0.29) is 23.3 Å². The second kappa shape index (κ2) is 13.6. The first kappa shape index (κ1) is 28.6. The molecule has 0 fully saturated rings. The van der Waals surface area contributed by atoms with E-state index in [2.05, 4.69) is 48.3 Å². The summed E-state index contributed by atoms with van der Waals surface area (Å²) in [6.07, 6.45) is 8.30. The minimum Gasteiger partial charge on any atom is -0.443 e. The van der Waals surface area contributed by atoms with E-state index in [1.165, 1.54) is 0 Å². The van der Waals surface area contributed by atoms with Gasteiger partial charge in [0.1, 0.15) is 17.5 Å². The molecular weight excluding hydrogens is 474 g/mol. The van der Waals surface area contributed by atoms with Crippen LogP contribution in [0.5, 0.6) is 0 Å². The molecule has 4 aromatic rings. The summed E-state index contributed by atoms with van der Waals surface area (Å²) in [4.78, 5) is 22.0. The van der Waals surface area contributed by atoms with Gasteiger partial charge in [-0.1, -0.05) is 66.2 Å². The van der Waals surface area contributed by atoms with Crippen LogP contribution in [0.4, 0.5) is 5.82 Å². The van der Waals surface area contributed by atoms with Crippen LogP contribution in [0.3, 0.4) is 0 Å². The van der Waals surface area contributed by atoms with Crippen molar-refractivity contribution in [2.75, 3.05) is 5.32 Å². The zero-order valence-corrected chi connectivity index (χ0v) is 23.3. The molecule has 2 N–H and O–H groups in total. The topological polar surface area (TPSA) is 104 Å². The first-order valence-corrected chi connectivity index (χ1v) is 13.6. The molecule has 0 saturated carbocycles. The minimum atomic E-state index is -0.360. The average molecular weight is 514 g/mol. The van der Waals surface area contributed by atoms with Gasteiger partial charge in [-0.05, 0) is 47.8 Å². The third-order valence-electron chi connectivity index (χ3n) is 6.61. The molecule has 2 atom stereocenters. The molecule has 38 heavy (non-hydrogen) atoms. The number of benzene rings is 1. The minimum absolute atomic E-state index is 0.0145. The number of fused-ring (bicyclic) bond motifs is 2. The zero-order chi connectivity index (χ0) is 27.7. The van der Waals surface area contributed by atoms with E-state index in [0.717, 1.165) is 35.6 Å². The predicted octanol–water partition coefficient (Wildman–Crippen LogP) is 7.47. The number of carbonyl (C=O) groups is 1. The highest BCUT2D eigenvalue weighted by atomic mass is 16.3. The molecule has 1 aromatic carbocycles. The van der Waals surface area contributed by atoms with Crippen molar-refractivity contribution in [2.24, 2.45) is 11.8 Å². The molecule has 0 saturated heterocycles. The maximum Gasteiger partial charge on any atom is 0.256 e. The Balaban J connectivity index is 0.00000195. The summed E-state index contributed by atoms with van der Waals surface area (Å²) < 4.78 is 5.68. The van der Waals surface area contributed by atoms with Gasteiger partial charge in [0.05, 0.1) is 6.20 Å². The molecular formula is C31H39N5O2.